The van der Waals surface area contributed by atoms with Crippen LogP contribution < -0.4 is 5.73 Å². The van der Waals surface area contributed by atoms with Crippen molar-refractivity contribution >= 4 is 11.6 Å². The molecule has 0 aliphatic carbocycles. The molecule has 0 radical (unpaired) electrons. The maximum absolute atomic E-state index is 10.0. The van der Waals surface area contributed by atoms with Crippen LogP contribution in [-0.2, 0) is 17.8 Å². The van der Waals surface area contributed by atoms with Crippen molar-refractivity contribution in [2.45, 2.75) is 25.2 Å². The zero-order chi connectivity index (χ0) is 15.1. The van der Waals surface area contributed by atoms with E-state index in [-0.39, 0.29) is 12.6 Å². The standard InChI is InChI=1S/C17H20ClNO2/c18-15-8-4-7-14(9-15)11-21-12-17(20)16(19)10-13-5-2-1-3-6-13/h1-9,16-17,20H,10-12,19H2. The molecular formula is C17H20ClNO2. The Balaban J connectivity index is 1.75. The zero-order valence-electron chi connectivity index (χ0n) is 11.8. The molecule has 3 N–H and O–H groups in total. The lowest BCUT2D eigenvalue weighted by Gasteiger charge is -2.19. The highest BCUT2D eigenvalue weighted by Gasteiger charge is 2.15. The summed E-state index contributed by atoms with van der Waals surface area (Å²) < 4.78 is 5.51. The van der Waals surface area contributed by atoms with Crippen LogP contribution in [0.3, 0.4) is 0 Å². The van der Waals surface area contributed by atoms with Gasteiger partial charge in [-0.1, -0.05) is 54.1 Å². The molecule has 0 fully saturated rings. The molecule has 2 unspecified atom stereocenters. The highest BCUT2D eigenvalue weighted by molar-refractivity contribution is 6.30. The van der Waals surface area contributed by atoms with Crippen LogP contribution in [0.5, 0.6) is 0 Å². The highest BCUT2D eigenvalue weighted by Crippen LogP contribution is 2.12. The summed E-state index contributed by atoms with van der Waals surface area (Å²) in [5, 5.41) is 10.7. The van der Waals surface area contributed by atoms with E-state index in [1.807, 2.05) is 54.6 Å². The van der Waals surface area contributed by atoms with Crippen LogP contribution in [0.25, 0.3) is 0 Å². The molecule has 3 nitrogen and oxygen atoms in total. The molecule has 2 rings (SSSR count). The molecule has 0 aromatic heterocycles. The smallest absolute Gasteiger partial charge is 0.0927 e. The monoisotopic (exact) mass is 305 g/mol. The van der Waals surface area contributed by atoms with Crippen molar-refractivity contribution in [1.82, 2.24) is 0 Å². The van der Waals surface area contributed by atoms with Crippen molar-refractivity contribution in [3.05, 3.63) is 70.7 Å². The summed E-state index contributed by atoms with van der Waals surface area (Å²) in [7, 11) is 0. The largest absolute Gasteiger partial charge is 0.389 e. The number of halogens is 1. The van der Waals surface area contributed by atoms with E-state index in [9.17, 15) is 5.11 Å². The van der Waals surface area contributed by atoms with Gasteiger partial charge in [0.25, 0.3) is 0 Å². The third-order valence-electron chi connectivity index (χ3n) is 3.25. The minimum atomic E-state index is -0.690. The zero-order valence-corrected chi connectivity index (χ0v) is 12.5. The number of aliphatic hydroxyl groups is 1. The van der Waals surface area contributed by atoms with Crippen molar-refractivity contribution in [3.8, 4) is 0 Å². The second-order valence-electron chi connectivity index (χ2n) is 5.07. The second-order valence-corrected chi connectivity index (χ2v) is 5.50. The van der Waals surface area contributed by atoms with E-state index in [1.165, 1.54) is 0 Å². The van der Waals surface area contributed by atoms with Gasteiger partial charge < -0.3 is 15.6 Å². The molecule has 0 amide bonds. The van der Waals surface area contributed by atoms with E-state index in [2.05, 4.69) is 0 Å². The molecule has 0 spiro atoms. The molecule has 0 saturated carbocycles. The highest BCUT2D eigenvalue weighted by atomic mass is 35.5. The van der Waals surface area contributed by atoms with E-state index < -0.39 is 6.10 Å². The molecular weight excluding hydrogens is 286 g/mol. The van der Waals surface area contributed by atoms with Crippen molar-refractivity contribution in [1.29, 1.82) is 0 Å². The third kappa shape index (κ3) is 5.48. The summed E-state index contributed by atoms with van der Waals surface area (Å²) in [5.41, 5.74) is 8.09. The Labute approximate surface area is 130 Å². The molecule has 21 heavy (non-hydrogen) atoms. The fraction of sp³-hybridized carbons (Fsp3) is 0.294. The van der Waals surface area contributed by atoms with Crippen LogP contribution in [-0.4, -0.2) is 23.9 Å². The number of rotatable bonds is 7. The first-order chi connectivity index (χ1) is 10.1. The lowest BCUT2D eigenvalue weighted by atomic mass is 10.0. The first-order valence-electron chi connectivity index (χ1n) is 6.95. The van der Waals surface area contributed by atoms with Crippen LogP contribution in [0.2, 0.25) is 5.02 Å². The Morgan fingerprint density at radius 3 is 2.48 bits per heavy atom. The Bertz CT molecular complexity index is 547. The first kappa shape index (κ1) is 16.0. The van der Waals surface area contributed by atoms with Crippen LogP contribution in [0.15, 0.2) is 54.6 Å². The summed E-state index contributed by atoms with van der Waals surface area (Å²) in [6.45, 7) is 0.621. The summed E-state index contributed by atoms with van der Waals surface area (Å²) in [5.74, 6) is 0. The maximum Gasteiger partial charge on any atom is 0.0927 e. The summed E-state index contributed by atoms with van der Waals surface area (Å²) in [6.07, 6.45) is -0.0629. The van der Waals surface area contributed by atoms with Gasteiger partial charge in [0.1, 0.15) is 0 Å². The molecule has 0 saturated heterocycles. The van der Waals surface area contributed by atoms with Gasteiger partial charge in [0, 0.05) is 11.1 Å². The van der Waals surface area contributed by atoms with Gasteiger partial charge in [0.2, 0.25) is 0 Å². The van der Waals surface area contributed by atoms with E-state index in [0.29, 0.717) is 18.1 Å². The molecule has 0 aliphatic rings. The van der Waals surface area contributed by atoms with Gasteiger partial charge in [0.05, 0.1) is 19.3 Å². The fourth-order valence-electron chi connectivity index (χ4n) is 2.07. The van der Waals surface area contributed by atoms with Gasteiger partial charge in [0.15, 0.2) is 0 Å². The van der Waals surface area contributed by atoms with Crippen LogP contribution >= 0.6 is 11.6 Å². The molecule has 2 atom stereocenters. The lowest BCUT2D eigenvalue weighted by molar-refractivity contribution is 0.0160. The number of aliphatic hydroxyl groups excluding tert-OH is 1. The lowest BCUT2D eigenvalue weighted by Crippen LogP contribution is -2.39. The number of hydrogen-bond acceptors (Lipinski definition) is 3. The Hall–Kier alpha value is -1.39. The van der Waals surface area contributed by atoms with E-state index in [0.717, 1.165) is 11.1 Å². The summed E-state index contributed by atoms with van der Waals surface area (Å²) in [6, 6.07) is 17.0. The summed E-state index contributed by atoms with van der Waals surface area (Å²) in [4.78, 5) is 0. The predicted octanol–water partition coefficient (Wildman–Crippen LogP) is 2.79. The number of nitrogens with two attached hydrogens (primary N) is 1. The van der Waals surface area contributed by atoms with E-state index >= 15 is 0 Å². The Morgan fingerprint density at radius 1 is 1.05 bits per heavy atom. The van der Waals surface area contributed by atoms with Gasteiger partial charge in [-0.3, -0.25) is 0 Å². The van der Waals surface area contributed by atoms with Gasteiger partial charge >= 0.3 is 0 Å². The molecule has 112 valence electrons. The number of benzene rings is 2. The predicted molar refractivity (Wildman–Crippen MR) is 85.2 cm³/mol. The average molecular weight is 306 g/mol. The van der Waals surface area contributed by atoms with E-state index in [1.54, 1.807) is 0 Å². The minimum absolute atomic E-state index is 0.209. The molecule has 2 aromatic carbocycles. The molecule has 0 aliphatic heterocycles. The van der Waals surface area contributed by atoms with Crippen molar-refractivity contribution in [3.63, 3.8) is 0 Å². The normalized spacial score (nSPS) is 13.9. The third-order valence-corrected chi connectivity index (χ3v) is 3.49. The number of hydrogen-bond donors (Lipinski definition) is 2. The van der Waals surface area contributed by atoms with Crippen LogP contribution in [0.1, 0.15) is 11.1 Å². The Kier molecular flexibility index (Phi) is 6.21. The minimum Gasteiger partial charge on any atom is -0.389 e. The quantitative estimate of drug-likeness (QED) is 0.827. The first-order valence-corrected chi connectivity index (χ1v) is 7.32. The van der Waals surface area contributed by atoms with Crippen LogP contribution in [0, 0.1) is 0 Å². The summed E-state index contributed by atoms with van der Waals surface area (Å²) >= 11 is 5.90. The van der Waals surface area contributed by atoms with Crippen molar-refractivity contribution in [2.75, 3.05) is 6.61 Å². The second kappa shape index (κ2) is 8.15. The Morgan fingerprint density at radius 2 is 1.76 bits per heavy atom. The van der Waals surface area contributed by atoms with Crippen LogP contribution in [0.4, 0.5) is 0 Å². The van der Waals surface area contributed by atoms with Gasteiger partial charge in [-0.2, -0.15) is 0 Å². The van der Waals surface area contributed by atoms with Crippen molar-refractivity contribution < 1.29 is 9.84 Å². The van der Waals surface area contributed by atoms with Gasteiger partial charge in [-0.25, -0.2) is 0 Å². The topological polar surface area (TPSA) is 55.5 Å². The molecule has 0 heterocycles. The number of ether oxygens (including phenoxy) is 1. The van der Waals surface area contributed by atoms with Gasteiger partial charge in [-0.05, 0) is 29.7 Å². The molecule has 4 heteroatoms. The molecule has 2 aromatic rings. The average Bonchev–Trinajstić information content (AvgIpc) is 2.48. The SMILES string of the molecule is NC(Cc1ccccc1)C(O)COCc1cccc(Cl)c1. The van der Waals surface area contributed by atoms with E-state index in [4.69, 9.17) is 22.1 Å². The van der Waals surface area contributed by atoms with Crippen molar-refractivity contribution in [2.24, 2.45) is 5.73 Å². The maximum atomic E-state index is 10.0. The fourth-order valence-corrected chi connectivity index (χ4v) is 2.28. The van der Waals surface area contributed by atoms with Gasteiger partial charge in [-0.15, -0.1) is 0 Å². The molecule has 0 bridgehead atoms.